The third kappa shape index (κ3) is 4.58. The highest BCUT2D eigenvalue weighted by Crippen LogP contribution is 2.23. The molecular formula is C23H19N3O2S. The first-order valence-electron chi connectivity index (χ1n) is 9.27. The summed E-state index contributed by atoms with van der Waals surface area (Å²) in [6.45, 7) is 2.53. The van der Waals surface area contributed by atoms with Crippen molar-refractivity contribution in [3.05, 3.63) is 77.6 Å². The molecule has 0 aliphatic carbocycles. The summed E-state index contributed by atoms with van der Waals surface area (Å²) in [6.07, 6.45) is 2.54. The lowest BCUT2D eigenvalue weighted by Crippen LogP contribution is -2.25. The van der Waals surface area contributed by atoms with Crippen LogP contribution in [-0.2, 0) is 17.8 Å². The highest BCUT2D eigenvalue weighted by molar-refractivity contribution is 8.15. The van der Waals surface area contributed by atoms with E-state index in [1.54, 1.807) is 0 Å². The predicted molar refractivity (Wildman–Crippen MR) is 114 cm³/mol. The Kier molecular flexibility index (Phi) is 5.50. The third-order valence-corrected chi connectivity index (χ3v) is 5.53. The molecule has 0 saturated carbocycles. The summed E-state index contributed by atoms with van der Waals surface area (Å²) >= 11 is 1.05. The van der Waals surface area contributed by atoms with Crippen molar-refractivity contribution in [1.82, 2.24) is 14.9 Å². The average Bonchev–Trinajstić information content (AvgIpc) is 3.25. The molecule has 1 aliphatic heterocycles. The smallest absolute Gasteiger partial charge is 0.286 e. The first-order chi connectivity index (χ1) is 14.1. The van der Waals surface area contributed by atoms with Gasteiger partial charge in [-0.1, -0.05) is 66.1 Å². The minimum Gasteiger partial charge on any atom is -0.319 e. The van der Waals surface area contributed by atoms with Crippen molar-refractivity contribution in [3.63, 3.8) is 0 Å². The molecule has 2 heterocycles. The highest BCUT2D eigenvalue weighted by atomic mass is 32.2. The van der Waals surface area contributed by atoms with Crippen LogP contribution in [0.2, 0.25) is 0 Å². The van der Waals surface area contributed by atoms with Gasteiger partial charge in [0.25, 0.3) is 5.24 Å². The summed E-state index contributed by atoms with van der Waals surface area (Å²) in [5, 5.41) is 1.70. The monoisotopic (exact) mass is 401 g/mol. The van der Waals surface area contributed by atoms with Crippen molar-refractivity contribution in [1.29, 1.82) is 0 Å². The second kappa shape index (κ2) is 8.38. The number of nitrogens with zero attached hydrogens (tertiary/aromatic N) is 2. The maximum Gasteiger partial charge on any atom is 0.286 e. The molecule has 6 heteroatoms. The Labute approximate surface area is 173 Å². The Morgan fingerprint density at radius 2 is 1.86 bits per heavy atom. The SMILES string of the molecule is Cc1cn(CC#Cc2ccc(CC3SC(=O)NC3=O)cc2)c(-c2ccccc2)n1. The van der Waals surface area contributed by atoms with E-state index < -0.39 is 0 Å². The molecule has 0 radical (unpaired) electrons. The number of thioether (sulfide) groups is 1. The lowest BCUT2D eigenvalue weighted by Gasteiger charge is -2.05. The number of aromatic nitrogens is 2. The van der Waals surface area contributed by atoms with Crippen molar-refractivity contribution in [2.24, 2.45) is 0 Å². The molecule has 0 spiro atoms. The van der Waals surface area contributed by atoms with Gasteiger partial charge in [0.15, 0.2) is 0 Å². The molecule has 1 aromatic heterocycles. The summed E-state index contributed by atoms with van der Waals surface area (Å²) in [4.78, 5) is 27.6. The first-order valence-corrected chi connectivity index (χ1v) is 10.1. The second-order valence-corrected chi connectivity index (χ2v) is 7.96. The molecule has 1 N–H and O–H groups in total. The van der Waals surface area contributed by atoms with Crippen molar-refractivity contribution >= 4 is 22.9 Å². The summed E-state index contributed by atoms with van der Waals surface area (Å²) in [6, 6.07) is 17.9. The Bertz CT molecular complexity index is 1110. The van der Waals surface area contributed by atoms with E-state index in [-0.39, 0.29) is 16.4 Å². The van der Waals surface area contributed by atoms with E-state index in [4.69, 9.17) is 0 Å². The molecule has 2 aromatic carbocycles. The van der Waals surface area contributed by atoms with Gasteiger partial charge in [0, 0.05) is 17.3 Å². The van der Waals surface area contributed by atoms with E-state index in [2.05, 4.69) is 26.7 Å². The second-order valence-electron chi connectivity index (χ2n) is 6.79. The van der Waals surface area contributed by atoms with Gasteiger partial charge in [-0.15, -0.1) is 0 Å². The topological polar surface area (TPSA) is 64.0 Å². The number of benzene rings is 2. The first kappa shape index (κ1) is 19.0. The minimum atomic E-state index is -0.347. The van der Waals surface area contributed by atoms with Crippen molar-refractivity contribution in [3.8, 4) is 23.2 Å². The molecule has 1 unspecified atom stereocenters. The fourth-order valence-corrected chi connectivity index (χ4v) is 4.04. The van der Waals surface area contributed by atoms with Gasteiger partial charge in [0.1, 0.15) is 5.82 Å². The molecule has 29 heavy (non-hydrogen) atoms. The van der Waals surface area contributed by atoms with Gasteiger partial charge >= 0.3 is 0 Å². The fourth-order valence-electron chi connectivity index (χ4n) is 3.18. The zero-order valence-corrected chi connectivity index (χ0v) is 16.7. The van der Waals surface area contributed by atoms with Crippen LogP contribution in [0.4, 0.5) is 4.79 Å². The van der Waals surface area contributed by atoms with Crippen LogP contribution in [-0.4, -0.2) is 25.9 Å². The summed E-state index contributed by atoms with van der Waals surface area (Å²) in [7, 11) is 0. The van der Waals surface area contributed by atoms with Crippen LogP contribution in [0.1, 0.15) is 16.8 Å². The number of hydrogen-bond donors (Lipinski definition) is 1. The highest BCUT2D eigenvalue weighted by Gasteiger charge is 2.31. The van der Waals surface area contributed by atoms with Gasteiger partial charge in [-0.2, -0.15) is 0 Å². The van der Waals surface area contributed by atoms with Crippen LogP contribution in [0.5, 0.6) is 0 Å². The summed E-state index contributed by atoms with van der Waals surface area (Å²) in [5.74, 6) is 7.09. The van der Waals surface area contributed by atoms with Gasteiger partial charge < -0.3 is 4.57 Å². The van der Waals surface area contributed by atoms with Crippen LogP contribution in [0.15, 0.2) is 60.8 Å². The van der Waals surface area contributed by atoms with Crippen molar-refractivity contribution < 1.29 is 9.59 Å². The number of hydrogen-bond acceptors (Lipinski definition) is 4. The van der Waals surface area contributed by atoms with E-state index in [1.165, 1.54) is 0 Å². The molecule has 1 fully saturated rings. The van der Waals surface area contributed by atoms with Gasteiger partial charge in [-0.3, -0.25) is 14.9 Å². The van der Waals surface area contributed by atoms with Crippen LogP contribution < -0.4 is 5.32 Å². The van der Waals surface area contributed by atoms with E-state index in [0.29, 0.717) is 13.0 Å². The Hall–Kier alpha value is -3.30. The number of aryl methyl sites for hydroxylation is 1. The van der Waals surface area contributed by atoms with Gasteiger partial charge in [0.05, 0.1) is 17.5 Å². The predicted octanol–water partition coefficient (Wildman–Crippen LogP) is 3.80. The Morgan fingerprint density at radius 3 is 2.55 bits per heavy atom. The van der Waals surface area contributed by atoms with E-state index in [9.17, 15) is 9.59 Å². The molecule has 144 valence electrons. The lowest BCUT2D eigenvalue weighted by atomic mass is 10.1. The molecular weight excluding hydrogens is 382 g/mol. The standard InChI is InChI=1S/C23H19N3O2S/c1-16-15-26(21(24-16)19-7-3-2-4-8-19)13-5-6-17-9-11-18(12-10-17)14-20-22(27)25-23(28)29-20/h2-4,7-12,15,20H,13-14H2,1H3,(H,25,27,28). The molecule has 2 amide bonds. The van der Waals surface area contributed by atoms with Crippen LogP contribution >= 0.6 is 11.8 Å². The van der Waals surface area contributed by atoms with E-state index >= 15 is 0 Å². The number of imidazole rings is 1. The lowest BCUT2D eigenvalue weighted by molar-refractivity contribution is -0.118. The zero-order chi connectivity index (χ0) is 20.2. The average molecular weight is 401 g/mol. The Balaban J connectivity index is 1.43. The number of carbonyl (C=O) groups is 2. The van der Waals surface area contributed by atoms with Crippen LogP contribution in [0.3, 0.4) is 0 Å². The Morgan fingerprint density at radius 1 is 1.10 bits per heavy atom. The third-order valence-electron chi connectivity index (χ3n) is 4.55. The van der Waals surface area contributed by atoms with Crippen molar-refractivity contribution in [2.75, 3.05) is 0 Å². The maximum absolute atomic E-state index is 11.7. The molecule has 1 atom stereocenters. The number of nitrogens with one attached hydrogen (secondary N) is 1. The molecule has 3 aromatic rings. The molecule has 1 aliphatic rings. The summed E-state index contributed by atoms with van der Waals surface area (Å²) in [5.41, 5.74) is 3.95. The number of rotatable bonds is 4. The molecule has 4 rings (SSSR count). The van der Waals surface area contributed by atoms with Gasteiger partial charge in [0.2, 0.25) is 5.91 Å². The van der Waals surface area contributed by atoms with E-state index in [0.717, 1.165) is 40.0 Å². The summed E-state index contributed by atoms with van der Waals surface area (Å²) < 4.78 is 2.05. The van der Waals surface area contributed by atoms with Crippen LogP contribution in [0.25, 0.3) is 11.4 Å². The molecule has 1 saturated heterocycles. The van der Waals surface area contributed by atoms with Crippen molar-refractivity contribution in [2.45, 2.75) is 25.1 Å². The fraction of sp³-hybridized carbons (Fsp3) is 0.174. The van der Waals surface area contributed by atoms with Crippen LogP contribution in [0, 0.1) is 18.8 Å². The minimum absolute atomic E-state index is 0.214. The largest absolute Gasteiger partial charge is 0.319 e. The normalized spacial score (nSPS) is 15.7. The quantitative estimate of drug-likeness (QED) is 0.676. The number of carbonyl (C=O) groups excluding carboxylic acids is 2. The zero-order valence-electron chi connectivity index (χ0n) is 15.9. The number of imide groups is 1. The molecule has 0 bridgehead atoms. The number of amides is 2. The molecule has 5 nitrogen and oxygen atoms in total. The van der Waals surface area contributed by atoms with Gasteiger partial charge in [-0.05, 0) is 31.0 Å². The van der Waals surface area contributed by atoms with E-state index in [1.807, 2.05) is 67.7 Å². The maximum atomic E-state index is 11.7. The van der Waals surface area contributed by atoms with Gasteiger partial charge in [-0.25, -0.2) is 4.98 Å².